The van der Waals surface area contributed by atoms with Crippen molar-refractivity contribution in [2.24, 2.45) is 5.10 Å². The molecule has 0 spiro atoms. The number of carbonyl (C=O) groups excluding carboxylic acids is 1. The quantitative estimate of drug-likeness (QED) is 0.444. The van der Waals surface area contributed by atoms with Crippen molar-refractivity contribution in [2.75, 3.05) is 30.9 Å². The van der Waals surface area contributed by atoms with Gasteiger partial charge in [0.2, 0.25) is 0 Å². The Morgan fingerprint density at radius 2 is 1.96 bits per heavy atom. The third kappa shape index (κ3) is 5.53. The Morgan fingerprint density at radius 1 is 1.22 bits per heavy atom. The van der Waals surface area contributed by atoms with Gasteiger partial charge in [0.05, 0.1) is 17.7 Å². The molecule has 142 valence electrons. The summed E-state index contributed by atoms with van der Waals surface area (Å²) in [5.74, 6) is -0.313. The van der Waals surface area contributed by atoms with E-state index in [2.05, 4.69) is 15.8 Å². The van der Waals surface area contributed by atoms with Gasteiger partial charge in [0, 0.05) is 31.4 Å². The zero-order valence-electron chi connectivity index (χ0n) is 15.8. The van der Waals surface area contributed by atoms with E-state index >= 15 is 0 Å². The molecule has 0 aliphatic rings. The highest BCUT2D eigenvalue weighted by atomic mass is 16.6. The molecule has 0 saturated heterocycles. The standard InChI is InChI=1S/C19H23N5O3/c1-13-5-6-14(2)16(9-13)20-12-19(25)22-21-11-15-7-8-17(23(3)4)18(10-15)24(26)27/h5-11,20H,12H2,1-4H3,(H,22,25)/b21-11-. The lowest BCUT2D eigenvalue weighted by Crippen LogP contribution is -2.26. The second-order valence-electron chi connectivity index (χ2n) is 6.36. The Labute approximate surface area is 158 Å². The van der Waals surface area contributed by atoms with Gasteiger partial charge in [0.15, 0.2) is 0 Å². The normalized spacial score (nSPS) is 10.7. The molecule has 0 aliphatic heterocycles. The molecule has 0 saturated carbocycles. The number of benzene rings is 2. The number of hydrogen-bond acceptors (Lipinski definition) is 6. The van der Waals surface area contributed by atoms with Crippen LogP contribution in [0, 0.1) is 24.0 Å². The van der Waals surface area contributed by atoms with Gasteiger partial charge in [0.25, 0.3) is 11.6 Å². The summed E-state index contributed by atoms with van der Waals surface area (Å²) in [5.41, 5.74) is 6.45. The molecule has 2 aromatic rings. The van der Waals surface area contributed by atoms with E-state index in [0.717, 1.165) is 16.8 Å². The van der Waals surface area contributed by atoms with Gasteiger partial charge in [-0.3, -0.25) is 14.9 Å². The van der Waals surface area contributed by atoms with Crippen molar-refractivity contribution in [2.45, 2.75) is 13.8 Å². The Morgan fingerprint density at radius 3 is 2.63 bits per heavy atom. The summed E-state index contributed by atoms with van der Waals surface area (Å²) in [4.78, 5) is 24.3. The van der Waals surface area contributed by atoms with Crippen molar-refractivity contribution >= 4 is 29.2 Å². The lowest BCUT2D eigenvalue weighted by molar-refractivity contribution is -0.384. The van der Waals surface area contributed by atoms with Crippen LogP contribution in [0.5, 0.6) is 0 Å². The van der Waals surface area contributed by atoms with Crippen LogP contribution < -0.4 is 15.6 Å². The summed E-state index contributed by atoms with van der Waals surface area (Å²) in [6.45, 7) is 4.01. The SMILES string of the molecule is Cc1ccc(C)c(NCC(=O)N/N=C\c2ccc(N(C)C)c([N+](=O)[O-])c2)c1. The van der Waals surface area contributed by atoms with Crippen LogP contribution in [0.2, 0.25) is 0 Å². The number of nitro groups is 1. The first-order valence-corrected chi connectivity index (χ1v) is 8.36. The number of nitrogens with zero attached hydrogens (tertiary/aromatic N) is 3. The topological polar surface area (TPSA) is 99.9 Å². The zero-order valence-corrected chi connectivity index (χ0v) is 15.8. The lowest BCUT2D eigenvalue weighted by Gasteiger charge is -2.12. The van der Waals surface area contributed by atoms with Crippen molar-refractivity contribution < 1.29 is 9.72 Å². The van der Waals surface area contributed by atoms with Crippen LogP contribution in [0.1, 0.15) is 16.7 Å². The molecule has 0 bridgehead atoms. The fourth-order valence-electron chi connectivity index (χ4n) is 2.47. The number of nitrogens with one attached hydrogen (secondary N) is 2. The predicted octanol–water partition coefficient (Wildman–Crippen LogP) is 2.84. The molecule has 0 heterocycles. The van der Waals surface area contributed by atoms with Gasteiger partial charge in [-0.05, 0) is 37.1 Å². The first-order chi connectivity index (χ1) is 12.8. The maximum atomic E-state index is 11.9. The summed E-state index contributed by atoms with van der Waals surface area (Å²) >= 11 is 0. The van der Waals surface area contributed by atoms with Gasteiger partial charge >= 0.3 is 0 Å². The Balaban J connectivity index is 1.96. The Kier molecular flexibility index (Phi) is 6.48. The minimum atomic E-state index is -0.445. The van der Waals surface area contributed by atoms with Crippen LogP contribution in [-0.2, 0) is 4.79 Å². The molecule has 0 unspecified atom stereocenters. The lowest BCUT2D eigenvalue weighted by atomic mass is 10.1. The molecular formula is C19H23N5O3. The first-order valence-electron chi connectivity index (χ1n) is 8.36. The van der Waals surface area contributed by atoms with Gasteiger partial charge in [0.1, 0.15) is 5.69 Å². The molecule has 0 fully saturated rings. The molecule has 2 N–H and O–H groups in total. The number of rotatable bonds is 7. The molecule has 0 atom stereocenters. The molecule has 2 rings (SSSR count). The Hall–Kier alpha value is -3.42. The zero-order chi connectivity index (χ0) is 20.0. The van der Waals surface area contributed by atoms with Crippen LogP contribution >= 0.6 is 0 Å². The summed E-state index contributed by atoms with van der Waals surface area (Å²) in [5, 5.41) is 18.1. The van der Waals surface area contributed by atoms with E-state index in [0.29, 0.717) is 11.3 Å². The smallest absolute Gasteiger partial charge is 0.293 e. The number of hydrogen-bond donors (Lipinski definition) is 2. The minimum absolute atomic E-state index is 0.0214. The molecular weight excluding hydrogens is 346 g/mol. The summed E-state index contributed by atoms with van der Waals surface area (Å²) < 4.78 is 0. The maximum Gasteiger partial charge on any atom is 0.293 e. The number of carbonyl (C=O) groups is 1. The van der Waals surface area contributed by atoms with E-state index in [1.54, 1.807) is 31.1 Å². The average Bonchev–Trinajstić information content (AvgIpc) is 2.62. The van der Waals surface area contributed by atoms with Crippen LogP contribution in [0.4, 0.5) is 17.1 Å². The molecule has 2 aromatic carbocycles. The summed E-state index contributed by atoms with van der Waals surface area (Å²) in [6.07, 6.45) is 1.38. The molecule has 0 aromatic heterocycles. The number of aryl methyl sites for hydroxylation is 2. The summed E-state index contributed by atoms with van der Waals surface area (Å²) in [6, 6.07) is 10.7. The number of anilines is 2. The molecule has 8 nitrogen and oxygen atoms in total. The largest absolute Gasteiger partial charge is 0.376 e. The van der Waals surface area contributed by atoms with Gasteiger partial charge in [-0.1, -0.05) is 18.2 Å². The van der Waals surface area contributed by atoms with E-state index < -0.39 is 4.92 Å². The number of amides is 1. The summed E-state index contributed by atoms with van der Waals surface area (Å²) in [7, 11) is 3.47. The fourth-order valence-corrected chi connectivity index (χ4v) is 2.47. The van der Waals surface area contributed by atoms with Crippen LogP contribution in [0.15, 0.2) is 41.5 Å². The average molecular weight is 369 g/mol. The van der Waals surface area contributed by atoms with Crippen molar-refractivity contribution in [1.82, 2.24) is 5.43 Å². The fraction of sp³-hybridized carbons (Fsp3) is 0.263. The van der Waals surface area contributed by atoms with Crippen molar-refractivity contribution in [3.8, 4) is 0 Å². The van der Waals surface area contributed by atoms with Gasteiger partial charge in [-0.2, -0.15) is 5.10 Å². The number of nitro benzene ring substituents is 1. The first kappa shape index (κ1) is 19.9. The second kappa shape index (κ2) is 8.79. The predicted molar refractivity (Wildman–Crippen MR) is 108 cm³/mol. The highest BCUT2D eigenvalue weighted by Gasteiger charge is 2.15. The third-order valence-electron chi connectivity index (χ3n) is 3.91. The molecule has 8 heteroatoms. The van der Waals surface area contributed by atoms with Gasteiger partial charge < -0.3 is 10.2 Å². The van der Waals surface area contributed by atoms with Gasteiger partial charge in [-0.25, -0.2) is 5.43 Å². The van der Waals surface area contributed by atoms with E-state index in [1.807, 2.05) is 32.0 Å². The Bertz CT molecular complexity index is 878. The molecule has 0 radical (unpaired) electrons. The van der Waals surface area contributed by atoms with E-state index in [4.69, 9.17) is 0 Å². The van der Waals surface area contributed by atoms with Crippen LogP contribution in [0.25, 0.3) is 0 Å². The van der Waals surface area contributed by atoms with E-state index in [-0.39, 0.29) is 18.1 Å². The molecule has 1 amide bonds. The van der Waals surface area contributed by atoms with E-state index in [9.17, 15) is 14.9 Å². The minimum Gasteiger partial charge on any atom is -0.376 e. The highest BCUT2D eigenvalue weighted by Crippen LogP contribution is 2.27. The van der Waals surface area contributed by atoms with Crippen LogP contribution in [0.3, 0.4) is 0 Å². The maximum absolute atomic E-state index is 11.9. The van der Waals surface area contributed by atoms with Gasteiger partial charge in [-0.15, -0.1) is 0 Å². The monoisotopic (exact) mass is 369 g/mol. The highest BCUT2D eigenvalue weighted by molar-refractivity contribution is 5.86. The van der Waals surface area contributed by atoms with Crippen molar-refractivity contribution in [3.05, 3.63) is 63.2 Å². The molecule has 0 aliphatic carbocycles. The second-order valence-corrected chi connectivity index (χ2v) is 6.36. The third-order valence-corrected chi connectivity index (χ3v) is 3.91. The number of hydrazone groups is 1. The van der Waals surface area contributed by atoms with E-state index in [1.165, 1.54) is 12.3 Å². The van der Waals surface area contributed by atoms with Crippen molar-refractivity contribution in [1.29, 1.82) is 0 Å². The van der Waals surface area contributed by atoms with Crippen LogP contribution in [-0.4, -0.2) is 37.7 Å². The van der Waals surface area contributed by atoms with Crippen molar-refractivity contribution in [3.63, 3.8) is 0 Å². The molecule has 27 heavy (non-hydrogen) atoms.